The lowest BCUT2D eigenvalue weighted by atomic mass is 10.1. The van der Waals surface area contributed by atoms with Gasteiger partial charge in [0.15, 0.2) is 5.82 Å². The van der Waals surface area contributed by atoms with Crippen LogP contribution in [0.15, 0.2) is 54.9 Å². The number of carbonyl (C=O) groups excluding carboxylic acids is 4. The third-order valence-corrected chi connectivity index (χ3v) is 12.4. The van der Waals surface area contributed by atoms with E-state index in [1.165, 1.54) is 4.90 Å². The maximum Gasteiger partial charge on any atom is 0.408 e. The quantitative estimate of drug-likeness (QED) is 0.281. The highest BCUT2D eigenvalue weighted by Gasteiger charge is 2.62. The van der Waals surface area contributed by atoms with E-state index < -0.39 is 74.3 Å². The number of rotatable bonds is 8. The molecule has 2 aliphatic heterocycles. The topological polar surface area (TPSA) is 203 Å². The number of amides is 4. The average Bonchev–Trinajstić information content (AvgIpc) is 4.01. The second-order valence-corrected chi connectivity index (χ2v) is 18.2. The summed E-state index contributed by atoms with van der Waals surface area (Å²) in [7, 11) is -0.510. The molecule has 4 amide bonds. The minimum Gasteiger partial charge on any atom is -0.497 e. The molecule has 2 aromatic heterocycles. The first-order chi connectivity index (χ1) is 27.0. The number of methoxy groups -OCH3 is 1. The molecule has 4 heterocycles. The number of nitrogens with one attached hydrogen (secondary N) is 3. The standard InChI is InChI=1S/C39H50N8O9S/c1-38(2,3)56-37(51)41-30-23-45(4)16-8-6-7-10-25-21-39(25,36(50)44-57(52,53)28-12-13-28)43-33(48)31-20-27(22-46(31)35(30)49)55-34-29-14-11-26(54-5)18-24(29)19-32(42-34)47-17-9-15-40-47/h7,9-11,14-15,17-19,25,27-28,30-31H,6,8,12-13,16,20-23H2,1-5H3,(H,41,51)(H,43,48)(H,44,50)/b10-7-/t25?,27?,30-,31-,39+/m0/s1. The van der Waals surface area contributed by atoms with Gasteiger partial charge in [-0.3, -0.25) is 19.1 Å². The van der Waals surface area contributed by atoms with Crippen LogP contribution in [0.25, 0.3) is 16.6 Å². The van der Waals surface area contributed by atoms with Gasteiger partial charge in [-0.2, -0.15) is 10.1 Å². The van der Waals surface area contributed by atoms with E-state index in [1.54, 1.807) is 57.1 Å². The van der Waals surface area contributed by atoms with Gasteiger partial charge in [0, 0.05) is 36.7 Å². The zero-order valence-electron chi connectivity index (χ0n) is 32.8. The molecule has 2 saturated carbocycles. The number of hydrogen-bond donors (Lipinski definition) is 3. The van der Waals surface area contributed by atoms with Crippen molar-refractivity contribution in [1.29, 1.82) is 0 Å². The first-order valence-electron chi connectivity index (χ1n) is 19.2. The summed E-state index contributed by atoms with van der Waals surface area (Å²) in [5.74, 6) is -1.17. The lowest BCUT2D eigenvalue weighted by Crippen LogP contribution is -2.59. The predicted molar refractivity (Wildman–Crippen MR) is 208 cm³/mol. The van der Waals surface area contributed by atoms with Crippen LogP contribution in [0.2, 0.25) is 0 Å². The van der Waals surface area contributed by atoms with Gasteiger partial charge in [0.25, 0.3) is 5.91 Å². The van der Waals surface area contributed by atoms with Crippen molar-refractivity contribution in [3.05, 3.63) is 54.9 Å². The summed E-state index contributed by atoms with van der Waals surface area (Å²) in [6.07, 6.45) is 8.00. The number of nitrogens with zero attached hydrogens (tertiary/aromatic N) is 5. The van der Waals surface area contributed by atoms with E-state index in [0.717, 1.165) is 5.39 Å². The Bertz CT molecular complexity index is 2170. The molecule has 306 valence electrons. The number of pyridine rings is 1. The molecule has 2 aliphatic carbocycles. The number of likely N-dealkylation sites (N-methyl/N-ethyl adjacent to an activating group) is 1. The van der Waals surface area contributed by atoms with Crippen LogP contribution in [-0.4, -0.2) is 125 Å². The molecule has 17 nitrogen and oxygen atoms in total. The third kappa shape index (κ3) is 9.01. The van der Waals surface area contributed by atoms with Gasteiger partial charge in [-0.05, 0) is 102 Å². The molecule has 7 rings (SSSR count). The number of ether oxygens (including phenoxy) is 3. The molecule has 3 N–H and O–H groups in total. The van der Waals surface area contributed by atoms with Crippen LogP contribution in [-0.2, 0) is 29.1 Å². The van der Waals surface area contributed by atoms with E-state index in [1.807, 2.05) is 42.3 Å². The highest BCUT2D eigenvalue weighted by atomic mass is 32.2. The number of sulfonamides is 1. The van der Waals surface area contributed by atoms with Crippen LogP contribution in [0.3, 0.4) is 0 Å². The van der Waals surface area contributed by atoms with Crippen LogP contribution in [0.1, 0.15) is 59.3 Å². The van der Waals surface area contributed by atoms with Crippen LogP contribution in [0, 0.1) is 5.92 Å². The van der Waals surface area contributed by atoms with Crippen molar-refractivity contribution in [2.75, 3.05) is 33.8 Å². The number of carbonyl (C=O) groups is 4. The van der Waals surface area contributed by atoms with Crippen molar-refractivity contribution in [2.24, 2.45) is 5.92 Å². The van der Waals surface area contributed by atoms with Crippen molar-refractivity contribution in [3.8, 4) is 17.4 Å². The Labute approximate surface area is 331 Å². The molecule has 18 heteroatoms. The molecule has 3 fully saturated rings. The summed E-state index contributed by atoms with van der Waals surface area (Å²) in [5.41, 5.74) is -2.38. The molecule has 4 aliphatic rings. The minimum atomic E-state index is -3.92. The smallest absolute Gasteiger partial charge is 0.408 e. The van der Waals surface area contributed by atoms with Crippen LogP contribution in [0.4, 0.5) is 4.79 Å². The molecular weight excluding hydrogens is 757 g/mol. The minimum absolute atomic E-state index is 0.00350. The van der Waals surface area contributed by atoms with Crippen molar-refractivity contribution < 1.29 is 41.8 Å². The fraction of sp³-hybridized carbons (Fsp3) is 0.538. The number of alkyl carbamates (subject to hydrolysis) is 1. The second-order valence-electron chi connectivity index (χ2n) is 16.3. The van der Waals surface area contributed by atoms with Gasteiger partial charge in [-0.25, -0.2) is 17.9 Å². The Hall–Kier alpha value is -5.23. The second kappa shape index (κ2) is 15.6. The van der Waals surface area contributed by atoms with Gasteiger partial charge in [0.1, 0.15) is 35.1 Å². The van der Waals surface area contributed by atoms with Gasteiger partial charge in [-0.15, -0.1) is 0 Å². The summed E-state index contributed by atoms with van der Waals surface area (Å²) in [6.45, 7) is 5.77. The average molecular weight is 807 g/mol. The summed E-state index contributed by atoms with van der Waals surface area (Å²) in [6, 6.07) is 6.73. The fourth-order valence-electron chi connectivity index (χ4n) is 7.41. The first kappa shape index (κ1) is 40.0. The molecular formula is C39H50N8O9S. The zero-order chi connectivity index (χ0) is 40.7. The van der Waals surface area contributed by atoms with Gasteiger partial charge in [-0.1, -0.05) is 12.2 Å². The molecule has 0 spiro atoms. The summed E-state index contributed by atoms with van der Waals surface area (Å²) in [4.78, 5) is 64.2. The molecule has 5 atom stereocenters. The van der Waals surface area contributed by atoms with Crippen LogP contribution in [0.5, 0.6) is 11.6 Å². The van der Waals surface area contributed by atoms with E-state index in [0.29, 0.717) is 49.2 Å². The summed E-state index contributed by atoms with van der Waals surface area (Å²) >= 11 is 0. The third-order valence-electron chi connectivity index (χ3n) is 10.6. The lowest BCUT2D eigenvalue weighted by Gasteiger charge is -2.32. The van der Waals surface area contributed by atoms with Crippen molar-refractivity contribution in [2.45, 2.75) is 93.9 Å². The predicted octanol–water partition coefficient (Wildman–Crippen LogP) is 2.44. The molecule has 3 aromatic rings. The molecule has 1 saturated heterocycles. The van der Waals surface area contributed by atoms with Gasteiger partial charge < -0.3 is 34.6 Å². The van der Waals surface area contributed by atoms with E-state index in [-0.39, 0.29) is 31.8 Å². The van der Waals surface area contributed by atoms with Crippen molar-refractivity contribution in [3.63, 3.8) is 0 Å². The number of hydrogen-bond acceptors (Lipinski definition) is 12. The molecule has 0 radical (unpaired) electrons. The largest absolute Gasteiger partial charge is 0.497 e. The number of aromatic nitrogens is 3. The van der Waals surface area contributed by atoms with E-state index >= 15 is 0 Å². The van der Waals surface area contributed by atoms with Crippen LogP contribution < -0.4 is 24.8 Å². The van der Waals surface area contributed by atoms with Gasteiger partial charge in [0.05, 0.1) is 18.9 Å². The Morgan fingerprint density at radius 3 is 2.60 bits per heavy atom. The SMILES string of the molecule is COc1ccc2c(OC3C[C@H]4C(=O)N[C@]5(C(=O)NS(=O)(=O)C6CC6)CC5/C=C\CCCN(C)C[C@H](NC(=O)OC(C)(C)C)C(=O)N4C3)nc(-n3cccn3)cc2c1. The molecule has 2 unspecified atom stereocenters. The number of benzene rings is 1. The highest BCUT2D eigenvalue weighted by molar-refractivity contribution is 7.91. The number of allylic oxidation sites excluding steroid dienone is 1. The van der Waals surface area contributed by atoms with Crippen LogP contribution >= 0.6 is 0 Å². The maximum atomic E-state index is 14.7. The van der Waals surface area contributed by atoms with Gasteiger partial charge in [0.2, 0.25) is 27.7 Å². The molecule has 0 bridgehead atoms. The van der Waals surface area contributed by atoms with Crippen molar-refractivity contribution >= 4 is 44.6 Å². The first-order valence-corrected chi connectivity index (χ1v) is 20.8. The Morgan fingerprint density at radius 2 is 1.89 bits per heavy atom. The summed E-state index contributed by atoms with van der Waals surface area (Å²) < 4.78 is 47.2. The fourth-order valence-corrected chi connectivity index (χ4v) is 8.77. The normalized spacial score (nSPS) is 26.6. The lowest BCUT2D eigenvalue weighted by molar-refractivity contribution is -0.141. The number of fused-ring (bicyclic) bond motifs is 3. The van der Waals surface area contributed by atoms with E-state index in [4.69, 9.17) is 19.2 Å². The summed E-state index contributed by atoms with van der Waals surface area (Å²) in [5, 5.41) is 10.7. The molecule has 1 aromatic carbocycles. The van der Waals surface area contributed by atoms with Crippen molar-refractivity contribution in [1.82, 2.24) is 39.9 Å². The Morgan fingerprint density at radius 1 is 1.11 bits per heavy atom. The Balaban J connectivity index is 1.24. The van der Waals surface area contributed by atoms with E-state index in [2.05, 4.69) is 20.5 Å². The monoisotopic (exact) mass is 806 g/mol. The highest BCUT2D eigenvalue weighted by Crippen LogP contribution is 2.46. The molecule has 57 heavy (non-hydrogen) atoms. The van der Waals surface area contributed by atoms with E-state index in [9.17, 15) is 27.6 Å². The Kier molecular flexibility index (Phi) is 10.9. The maximum absolute atomic E-state index is 14.7. The zero-order valence-corrected chi connectivity index (χ0v) is 33.6. The van der Waals surface area contributed by atoms with Gasteiger partial charge >= 0.3 is 6.09 Å².